The van der Waals surface area contributed by atoms with Crippen LogP contribution in [0.5, 0.6) is 0 Å². The van der Waals surface area contributed by atoms with E-state index in [0.29, 0.717) is 0 Å². The minimum absolute atomic E-state index is 0.859. The van der Waals surface area contributed by atoms with E-state index in [1.165, 1.54) is 51.9 Å². The fourth-order valence-corrected chi connectivity index (χ4v) is 2.30. The minimum Gasteiger partial charge on any atom is -0.316 e. The predicted octanol–water partition coefficient (Wildman–Crippen LogP) is 1.62. The van der Waals surface area contributed by atoms with Crippen molar-refractivity contribution in [1.29, 1.82) is 0 Å². The molecule has 1 heterocycles. The largest absolute Gasteiger partial charge is 0.316 e. The first-order valence-corrected chi connectivity index (χ1v) is 6.27. The van der Waals surface area contributed by atoms with Crippen LogP contribution in [0.3, 0.4) is 0 Å². The lowest BCUT2D eigenvalue weighted by Crippen LogP contribution is -2.47. The lowest BCUT2D eigenvalue weighted by molar-refractivity contribution is 0.237. The fraction of sp³-hybridized carbons (Fsp3) is 1.00. The molecule has 2 fully saturated rings. The van der Waals surface area contributed by atoms with Crippen molar-refractivity contribution in [1.82, 2.24) is 10.6 Å². The molecule has 2 heteroatoms. The summed E-state index contributed by atoms with van der Waals surface area (Å²) in [5, 5.41) is 6.95. The van der Waals surface area contributed by atoms with Gasteiger partial charge in [-0.05, 0) is 50.4 Å². The molecule has 82 valence electrons. The van der Waals surface area contributed by atoms with Crippen LogP contribution >= 0.6 is 0 Å². The summed E-state index contributed by atoms with van der Waals surface area (Å²) in [6.45, 7) is 7.33. The molecule has 0 bridgehead atoms. The van der Waals surface area contributed by atoms with Crippen LogP contribution in [0.15, 0.2) is 0 Å². The summed E-state index contributed by atoms with van der Waals surface area (Å²) in [4.78, 5) is 0. The highest BCUT2D eigenvalue weighted by Crippen LogP contribution is 2.28. The van der Waals surface area contributed by atoms with Gasteiger partial charge in [0.1, 0.15) is 0 Å². The van der Waals surface area contributed by atoms with Gasteiger partial charge in [-0.2, -0.15) is 0 Å². The third kappa shape index (κ3) is 2.71. The van der Waals surface area contributed by atoms with Crippen LogP contribution in [-0.2, 0) is 0 Å². The van der Waals surface area contributed by atoms with E-state index in [1.54, 1.807) is 0 Å². The van der Waals surface area contributed by atoms with E-state index in [0.717, 1.165) is 17.8 Å². The zero-order chi connectivity index (χ0) is 9.80. The number of nitrogens with one attached hydrogen (secondary N) is 2. The zero-order valence-corrected chi connectivity index (χ0v) is 9.39. The van der Waals surface area contributed by atoms with E-state index >= 15 is 0 Å². The van der Waals surface area contributed by atoms with Gasteiger partial charge in [-0.3, -0.25) is 0 Å². The van der Waals surface area contributed by atoms with Crippen LogP contribution in [0.2, 0.25) is 0 Å². The first-order valence-electron chi connectivity index (χ1n) is 6.27. The smallest absolute Gasteiger partial charge is 0.000522 e. The van der Waals surface area contributed by atoms with E-state index in [4.69, 9.17) is 0 Å². The van der Waals surface area contributed by atoms with E-state index in [1.807, 2.05) is 0 Å². The second-order valence-corrected chi connectivity index (χ2v) is 5.19. The van der Waals surface area contributed by atoms with Crippen molar-refractivity contribution in [3.63, 3.8) is 0 Å². The molecule has 2 aliphatic rings. The van der Waals surface area contributed by atoms with Gasteiger partial charge >= 0.3 is 0 Å². The summed E-state index contributed by atoms with van der Waals surface area (Å²) in [5.41, 5.74) is 0. The molecule has 2 nitrogen and oxygen atoms in total. The minimum atomic E-state index is 0.859. The van der Waals surface area contributed by atoms with Gasteiger partial charge in [0.2, 0.25) is 0 Å². The van der Waals surface area contributed by atoms with Crippen LogP contribution in [0, 0.1) is 17.8 Å². The summed E-state index contributed by atoms with van der Waals surface area (Å²) in [6.07, 6.45) is 5.87. The Labute approximate surface area is 87.8 Å². The molecule has 0 aromatic carbocycles. The second-order valence-electron chi connectivity index (χ2n) is 5.19. The summed E-state index contributed by atoms with van der Waals surface area (Å²) in [6, 6.07) is 0. The number of hydrogen-bond acceptors (Lipinski definition) is 2. The van der Waals surface area contributed by atoms with Crippen LogP contribution in [0.25, 0.3) is 0 Å². The van der Waals surface area contributed by atoms with Crippen molar-refractivity contribution >= 4 is 0 Å². The monoisotopic (exact) mass is 196 g/mol. The van der Waals surface area contributed by atoms with Gasteiger partial charge in [0.05, 0.1) is 0 Å². The molecule has 0 spiro atoms. The Hall–Kier alpha value is -0.0800. The van der Waals surface area contributed by atoms with Crippen LogP contribution < -0.4 is 10.6 Å². The zero-order valence-electron chi connectivity index (χ0n) is 9.39. The maximum Gasteiger partial charge on any atom is -0.000522 e. The standard InChI is InChI=1S/C12H24N2/c1-10(12-8-14-9-12)7-13-6-5-11-3-2-4-11/h10-14H,2-9H2,1H3. The molecule has 1 aliphatic heterocycles. The van der Waals surface area contributed by atoms with Crippen molar-refractivity contribution in [2.75, 3.05) is 26.2 Å². The maximum absolute atomic E-state index is 3.61. The van der Waals surface area contributed by atoms with Crippen LogP contribution in [-0.4, -0.2) is 26.2 Å². The van der Waals surface area contributed by atoms with Gasteiger partial charge in [-0.1, -0.05) is 26.2 Å². The molecule has 0 aromatic rings. The first-order chi connectivity index (χ1) is 6.86. The first kappa shape index (κ1) is 10.4. The van der Waals surface area contributed by atoms with Crippen molar-refractivity contribution in [2.45, 2.75) is 32.6 Å². The van der Waals surface area contributed by atoms with Gasteiger partial charge in [-0.25, -0.2) is 0 Å². The highest BCUT2D eigenvalue weighted by molar-refractivity contribution is 4.80. The van der Waals surface area contributed by atoms with E-state index in [2.05, 4.69) is 17.6 Å². The summed E-state index contributed by atoms with van der Waals surface area (Å²) in [7, 11) is 0. The molecular weight excluding hydrogens is 172 g/mol. The van der Waals surface area contributed by atoms with Crippen LogP contribution in [0.1, 0.15) is 32.6 Å². The molecule has 2 N–H and O–H groups in total. The van der Waals surface area contributed by atoms with E-state index in [9.17, 15) is 0 Å². The normalized spacial score (nSPS) is 25.5. The Bertz CT molecular complexity index is 162. The predicted molar refractivity (Wildman–Crippen MR) is 60.4 cm³/mol. The van der Waals surface area contributed by atoms with Crippen molar-refractivity contribution in [3.05, 3.63) is 0 Å². The Morgan fingerprint density at radius 3 is 2.64 bits per heavy atom. The van der Waals surface area contributed by atoms with Gasteiger partial charge < -0.3 is 10.6 Å². The van der Waals surface area contributed by atoms with Gasteiger partial charge in [0.15, 0.2) is 0 Å². The molecule has 1 unspecified atom stereocenters. The molecule has 1 saturated heterocycles. The molecule has 0 radical (unpaired) electrons. The van der Waals surface area contributed by atoms with Crippen LogP contribution in [0.4, 0.5) is 0 Å². The van der Waals surface area contributed by atoms with Crippen molar-refractivity contribution < 1.29 is 0 Å². The second kappa shape index (κ2) is 5.13. The molecule has 0 aromatic heterocycles. The number of rotatable bonds is 6. The lowest BCUT2D eigenvalue weighted by atomic mass is 9.83. The topological polar surface area (TPSA) is 24.1 Å². The van der Waals surface area contributed by atoms with Gasteiger partial charge in [0.25, 0.3) is 0 Å². The third-order valence-corrected chi connectivity index (χ3v) is 4.04. The molecule has 14 heavy (non-hydrogen) atoms. The Morgan fingerprint density at radius 2 is 2.14 bits per heavy atom. The fourth-order valence-electron chi connectivity index (χ4n) is 2.30. The molecule has 1 aliphatic carbocycles. The van der Waals surface area contributed by atoms with Crippen molar-refractivity contribution in [3.8, 4) is 0 Å². The summed E-state index contributed by atoms with van der Waals surface area (Å²) in [5.74, 6) is 2.85. The third-order valence-electron chi connectivity index (χ3n) is 4.04. The quantitative estimate of drug-likeness (QED) is 0.631. The maximum atomic E-state index is 3.61. The average Bonchev–Trinajstić information content (AvgIpc) is 1.97. The Kier molecular flexibility index (Phi) is 3.82. The molecule has 1 saturated carbocycles. The van der Waals surface area contributed by atoms with Gasteiger partial charge in [-0.15, -0.1) is 0 Å². The lowest BCUT2D eigenvalue weighted by Gasteiger charge is -2.33. The van der Waals surface area contributed by atoms with Crippen molar-refractivity contribution in [2.24, 2.45) is 17.8 Å². The molecular formula is C12H24N2. The Balaban J connectivity index is 1.45. The highest BCUT2D eigenvalue weighted by atomic mass is 15.0. The van der Waals surface area contributed by atoms with E-state index < -0.39 is 0 Å². The highest BCUT2D eigenvalue weighted by Gasteiger charge is 2.23. The Morgan fingerprint density at radius 1 is 1.36 bits per heavy atom. The molecule has 1 atom stereocenters. The SMILES string of the molecule is CC(CNCCC1CCC1)C1CNC1. The molecule has 2 rings (SSSR count). The number of hydrogen-bond donors (Lipinski definition) is 2. The summed E-state index contributed by atoms with van der Waals surface area (Å²) < 4.78 is 0. The summed E-state index contributed by atoms with van der Waals surface area (Å²) >= 11 is 0. The molecule has 0 amide bonds. The van der Waals surface area contributed by atoms with E-state index in [-0.39, 0.29) is 0 Å². The van der Waals surface area contributed by atoms with Gasteiger partial charge in [0, 0.05) is 0 Å². The average molecular weight is 196 g/mol.